The Kier molecular flexibility index (Phi) is 7.04. The molecular formula is C15H19BrN2O4. The van der Waals surface area contributed by atoms with Gasteiger partial charge in [0.1, 0.15) is 6.54 Å². The van der Waals surface area contributed by atoms with Crippen molar-refractivity contribution in [2.45, 2.75) is 26.3 Å². The van der Waals surface area contributed by atoms with Gasteiger partial charge in [-0.25, -0.2) is 0 Å². The predicted molar refractivity (Wildman–Crippen MR) is 85.2 cm³/mol. The normalized spacial score (nSPS) is 11.6. The standard InChI is InChI=1S/C15H19BrN2O4/c1-3-18(9-15(21)22)14(20)8-13(17-10(2)19)11-4-6-12(16)7-5-11/h4-7,13H,3,8-9H2,1-2H3,(H,17,19)(H,21,22). The van der Waals surface area contributed by atoms with E-state index in [4.69, 9.17) is 5.11 Å². The number of amides is 2. The molecule has 0 saturated heterocycles. The van der Waals surface area contributed by atoms with Crippen LogP contribution in [0.1, 0.15) is 31.9 Å². The van der Waals surface area contributed by atoms with Crippen molar-refractivity contribution in [1.82, 2.24) is 10.2 Å². The molecule has 0 aromatic heterocycles. The first-order valence-electron chi connectivity index (χ1n) is 6.85. The summed E-state index contributed by atoms with van der Waals surface area (Å²) in [6.07, 6.45) is 0.0162. The predicted octanol–water partition coefficient (Wildman–Crippen LogP) is 1.95. The molecule has 1 atom stereocenters. The van der Waals surface area contributed by atoms with E-state index in [1.54, 1.807) is 6.92 Å². The van der Waals surface area contributed by atoms with Crippen LogP contribution in [-0.2, 0) is 14.4 Å². The van der Waals surface area contributed by atoms with Crippen molar-refractivity contribution in [1.29, 1.82) is 0 Å². The molecule has 1 rings (SSSR count). The summed E-state index contributed by atoms with van der Waals surface area (Å²) in [5, 5.41) is 11.6. The molecule has 0 radical (unpaired) electrons. The number of carboxylic acid groups (broad SMARTS) is 1. The first-order chi connectivity index (χ1) is 10.3. The van der Waals surface area contributed by atoms with Gasteiger partial charge >= 0.3 is 5.97 Å². The van der Waals surface area contributed by atoms with E-state index in [0.717, 1.165) is 10.0 Å². The van der Waals surface area contributed by atoms with Gasteiger partial charge in [0.15, 0.2) is 0 Å². The molecule has 0 saturated carbocycles. The average molecular weight is 371 g/mol. The van der Waals surface area contributed by atoms with Crippen LogP contribution in [0.15, 0.2) is 28.7 Å². The molecule has 0 bridgehead atoms. The van der Waals surface area contributed by atoms with Gasteiger partial charge in [0, 0.05) is 17.9 Å². The third-order valence-corrected chi connectivity index (χ3v) is 3.62. The van der Waals surface area contributed by atoms with Crippen LogP contribution < -0.4 is 5.32 Å². The van der Waals surface area contributed by atoms with E-state index >= 15 is 0 Å². The molecule has 0 aliphatic carbocycles. The highest BCUT2D eigenvalue weighted by Crippen LogP contribution is 2.20. The number of rotatable bonds is 7. The van der Waals surface area contributed by atoms with E-state index in [0.29, 0.717) is 6.54 Å². The van der Waals surface area contributed by atoms with Gasteiger partial charge in [-0.3, -0.25) is 14.4 Å². The summed E-state index contributed by atoms with van der Waals surface area (Å²) >= 11 is 3.33. The molecule has 0 spiro atoms. The third kappa shape index (κ3) is 5.85. The zero-order chi connectivity index (χ0) is 16.7. The fourth-order valence-electron chi connectivity index (χ4n) is 2.04. The second-order valence-electron chi connectivity index (χ2n) is 4.81. The number of carbonyl (C=O) groups is 3. The molecule has 7 heteroatoms. The van der Waals surface area contributed by atoms with Crippen LogP contribution in [0.2, 0.25) is 0 Å². The molecule has 0 heterocycles. The second kappa shape index (κ2) is 8.53. The fourth-order valence-corrected chi connectivity index (χ4v) is 2.30. The molecule has 1 unspecified atom stereocenters. The number of nitrogens with one attached hydrogen (secondary N) is 1. The first kappa shape index (κ1) is 18.2. The van der Waals surface area contributed by atoms with Crippen LogP contribution in [0.5, 0.6) is 0 Å². The van der Waals surface area contributed by atoms with Crippen molar-refractivity contribution >= 4 is 33.7 Å². The van der Waals surface area contributed by atoms with Gasteiger partial charge in [-0.2, -0.15) is 0 Å². The number of nitrogens with zero attached hydrogens (tertiary/aromatic N) is 1. The van der Waals surface area contributed by atoms with Crippen molar-refractivity contribution < 1.29 is 19.5 Å². The highest BCUT2D eigenvalue weighted by Gasteiger charge is 2.21. The van der Waals surface area contributed by atoms with Crippen LogP contribution in [0.4, 0.5) is 0 Å². The Bertz CT molecular complexity index is 545. The lowest BCUT2D eigenvalue weighted by molar-refractivity contribution is -0.144. The highest BCUT2D eigenvalue weighted by molar-refractivity contribution is 9.10. The highest BCUT2D eigenvalue weighted by atomic mass is 79.9. The van der Waals surface area contributed by atoms with Gasteiger partial charge in [0.25, 0.3) is 0 Å². The smallest absolute Gasteiger partial charge is 0.323 e. The summed E-state index contributed by atoms with van der Waals surface area (Å²) < 4.78 is 0.894. The van der Waals surface area contributed by atoms with Crippen LogP contribution in [0.3, 0.4) is 0 Å². The van der Waals surface area contributed by atoms with Crippen molar-refractivity contribution in [2.75, 3.05) is 13.1 Å². The Morgan fingerprint density at radius 3 is 2.32 bits per heavy atom. The van der Waals surface area contributed by atoms with Crippen molar-refractivity contribution in [3.05, 3.63) is 34.3 Å². The maximum Gasteiger partial charge on any atom is 0.323 e. The summed E-state index contributed by atoms with van der Waals surface area (Å²) in [5.41, 5.74) is 0.790. The van der Waals surface area contributed by atoms with E-state index < -0.39 is 12.0 Å². The lowest BCUT2D eigenvalue weighted by Gasteiger charge is -2.23. The van der Waals surface area contributed by atoms with E-state index in [9.17, 15) is 14.4 Å². The quantitative estimate of drug-likeness (QED) is 0.767. The number of carboxylic acids is 1. The minimum absolute atomic E-state index is 0.0162. The van der Waals surface area contributed by atoms with E-state index in [1.165, 1.54) is 11.8 Å². The Morgan fingerprint density at radius 2 is 1.86 bits per heavy atom. The lowest BCUT2D eigenvalue weighted by Crippen LogP contribution is -2.38. The molecule has 1 aromatic rings. The lowest BCUT2D eigenvalue weighted by atomic mass is 10.0. The number of halogens is 1. The molecule has 2 amide bonds. The summed E-state index contributed by atoms with van der Waals surface area (Å²) in [6, 6.07) is 6.78. The number of benzene rings is 1. The molecule has 22 heavy (non-hydrogen) atoms. The molecule has 1 aromatic carbocycles. The summed E-state index contributed by atoms with van der Waals surface area (Å²) in [6.45, 7) is 3.06. The van der Waals surface area contributed by atoms with Gasteiger partial charge in [-0.05, 0) is 24.6 Å². The Morgan fingerprint density at radius 1 is 1.27 bits per heavy atom. The van der Waals surface area contributed by atoms with Crippen molar-refractivity contribution in [3.8, 4) is 0 Å². The Labute approximate surface area is 137 Å². The second-order valence-corrected chi connectivity index (χ2v) is 5.73. The van der Waals surface area contributed by atoms with Crippen LogP contribution in [0, 0.1) is 0 Å². The number of hydrogen-bond acceptors (Lipinski definition) is 3. The van der Waals surface area contributed by atoms with E-state index in [-0.39, 0.29) is 24.8 Å². The van der Waals surface area contributed by atoms with E-state index in [1.807, 2.05) is 24.3 Å². The summed E-state index contributed by atoms with van der Waals surface area (Å²) in [7, 11) is 0. The molecule has 2 N–H and O–H groups in total. The van der Waals surface area contributed by atoms with Crippen LogP contribution in [0.25, 0.3) is 0 Å². The van der Waals surface area contributed by atoms with Gasteiger partial charge in [0.2, 0.25) is 11.8 Å². The van der Waals surface area contributed by atoms with Gasteiger partial charge in [0.05, 0.1) is 12.5 Å². The largest absolute Gasteiger partial charge is 0.480 e. The van der Waals surface area contributed by atoms with Gasteiger partial charge in [-0.1, -0.05) is 28.1 Å². The van der Waals surface area contributed by atoms with E-state index in [2.05, 4.69) is 21.2 Å². The number of carbonyl (C=O) groups excluding carboxylic acids is 2. The SMILES string of the molecule is CCN(CC(=O)O)C(=O)CC(NC(C)=O)c1ccc(Br)cc1. The Balaban J connectivity index is 2.88. The summed E-state index contributed by atoms with van der Waals surface area (Å²) in [4.78, 5) is 35.6. The topological polar surface area (TPSA) is 86.7 Å². The third-order valence-electron chi connectivity index (χ3n) is 3.09. The molecule has 0 aliphatic heterocycles. The number of likely N-dealkylation sites (N-methyl/N-ethyl adjacent to an activating group) is 1. The number of aliphatic carboxylic acids is 1. The molecule has 120 valence electrons. The molecular weight excluding hydrogens is 352 g/mol. The zero-order valence-electron chi connectivity index (χ0n) is 12.5. The average Bonchev–Trinajstić information content (AvgIpc) is 2.44. The fraction of sp³-hybridized carbons (Fsp3) is 0.400. The van der Waals surface area contributed by atoms with Crippen LogP contribution in [-0.4, -0.2) is 40.9 Å². The maximum absolute atomic E-state index is 12.2. The molecule has 0 aliphatic rings. The molecule has 0 fully saturated rings. The number of hydrogen-bond donors (Lipinski definition) is 2. The minimum Gasteiger partial charge on any atom is -0.480 e. The van der Waals surface area contributed by atoms with Gasteiger partial charge < -0.3 is 15.3 Å². The van der Waals surface area contributed by atoms with Crippen LogP contribution >= 0.6 is 15.9 Å². The van der Waals surface area contributed by atoms with Gasteiger partial charge in [-0.15, -0.1) is 0 Å². The molecule has 6 nitrogen and oxygen atoms in total. The zero-order valence-corrected chi connectivity index (χ0v) is 14.1. The first-order valence-corrected chi connectivity index (χ1v) is 7.65. The van der Waals surface area contributed by atoms with Crippen molar-refractivity contribution in [2.24, 2.45) is 0 Å². The maximum atomic E-state index is 12.2. The Hall–Kier alpha value is -1.89. The summed E-state index contributed by atoms with van der Waals surface area (Å²) in [5.74, 6) is -1.62. The van der Waals surface area contributed by atoms with Crippen molar-refractivity contribution in [3.63, 3.8) is 0 Å². The monoisotopic (exact) mass is 370 g/mol. The minimum atomic E-state index is -1.06.